The fourth-order valence-corrected chi connectivity index (χ4v) is 3.97. The summed E-state index contributed by atoms with van der Waals surface area (Å²) in [5.41, 5.74) is 4.82. The molecule has 7 nitrogen and oxygen atoms in total. The molecule has 0 fully saturated rings. The van der Waals surface area contributed by atoms with Crippen molar-refractivity contribution in [3.05, 3.63) is 123 Å². The van der Waals surface area contributed by atoms with Gasteiger partial charge in [0.25, 0.3) is 5.56 Å². The van der Waals surface area contributed by atoms with Crippen LogP contribution >= 0.6 is 12.2 Å². The third-order valence-electron chi connectivity index (χ3n) is 5.42. The van der Waals surface area contributed by atoms with Crippen molar-refractivity contribution in [2.24, 2.45) is 10.2 Å². The van der Waals surface area contributed by atoms with E-state index in [1.807, 2.05) is 48.5 Å². The van der Waals surface area contributed by atoms with Crippen LogP contribution in [0.5, 0.6) is 0 Å². The van der Waals surface area contributed by atoms with Crippen LogP contribution in [-0.4, -0.2) is 26.8 Å². The molecule has 0 saturated heterocycles. The van der Waals surface area contributed by atoms with Crippen molar-refractivity contribution in [3.63, 3.8) is 0 Å². The molecule has 1 aliphatic heterocycles. The van der Waals surface area contributed by atoms with Crippen LogP contribution in [0.15, 0.2) is 106 Å². The van der Waals surface area contributed by atoms with Gasteiger partial charge in [-0.25, -0.2) is 0 Å². The van der Waals surface area contributed by atoms with Gasteiger partial charge in [-0.1, -0.05) is 72.8 Å². The van der Waals surface area contributed by atoms with Gasteiger partial charge in [0.05, 0.1) is 23.7 Å². The molecule has 1 aromatic heterocycles. The van der Waals surface area contributed by atoms with E-state index in [9.17, 15) is 4.79 Å². The number of benzene rings is 3. The molecule has 0 aliphatic carbocycles. The van der Waals surface area contributed by atoms with Crippen molar-refractivity contribution in [1.29, 1.82) is 0 Å². The maximum Gasteiger partial charge on any atom is 0.293 e. The van der Waals surface area contributed by atoms with E-state index in [1.165, 1.54) is 5.56 Å². The number of hydrazone groups is 1. The first-order valence-electron chi connectivity index (χ1n) is 10.5. The van der Waals surface area contributed by atoms with E-state index in [0.717, 1.165) is 39.8 Å². The smallest absolute Gasteiger partial charge is 0.265 e. The first-order valence-corrected chi connectivity index (χ1v) is 10.9. The number of nitrogens with zero attached hydrogens (tertiary/aromatic N) is 5. The molecule has 0 radical (unpaired) electrons. The van der Waals surface area contributed by atoms with Crippen molar-refractivity contribution in [1.82, 2.24) is 14.9 Å². The third-order valence-corrected chi connectivity index (χ3v) is 5.68. The molecule has 0 bridgehead atoms. The Balaban J connectivity index is 1.45. The summed E-state index contributed by atoms with van der Waals surface area (Å²) in [4.78, 5) is 11.9. The average Bonchev–Trinajstić information content (AvgIpc) is 3.31. The predicted molar refractivity (Wildman–Crippen MR) is 132 cm³/mol. The third kappa shape index (κ3) is 4.42. The summed E-state index contributed by atoms with van der Waals surface area (Å²) in [6, 6.07) is 28.7. The summed E-state index contributed by atoms with van der Waals surface area (Å²) in [7, 11) is 0. The largest absolute Gasteiger partial charge is 0.293 e. The number of hydrogen-bond donors (Lipinski definition) is 1. The Labute approximate surface area is 195 Å². The zero-order chi connectivity index (χ0) is 22.6. The standard InChI is InChI=1S/C25H20N6OS/c32-24-17-26-28-25(33)31(24)27-16-18-11-13-21(14-12-18)30-23(20-9-5-2-6-10-20)15-22(29-30)19-7-3-1-4-8-19/h1-14,16-17,23H,15H2,(H,28,33)/t23-/m1/s1. The molecule has 1 aliphatic rings. The van der Waals surface area contributed by atoms with Crippen LogP contribution in [0.3, 0.4) is 0 Å². The van der Waals surface area contributed by atoms with Crippen LogP contribution in [-0.2, 0) is 0 Å². The summed E-state index contributed by atoms with van der Waals surface area (Å²) in [5, 5.41) is 17.4. The second-order valence-corrected chi connectivity index (χ2v) is 7.94. The molecule has 4 aromatic rings. The van der Waals surface area contributed by atoms with Gasteiger partial charge >= 0.3 is 0 Å². The number of aromatic nitrogens is 3. The van der Waals surface area contributed by atoms with E-state index in [-0.39, 0.29) is 10.8 Å². The Hall–Kier alpha value is -4.17. The topological polar surface area (TPSA) is 78.6 Å². The molecule has 0 saturated carbocycles. The minimum Gasteiger partial charge on any atom is -0.265 e. The SMILES string of the molecule is O=c1cn[nH]c(=S)n1N=Cc1ccc(N2N=C(c3ccccc3)C[C@@H]2c2ccccc2)cc1. The van der Waals surface area contributed by atoms with Gasteiger partial charge in [-0.05, 0) is 41.0 Å². The van der Waals surface area contributed by atoms with Crippen LogP contribution in [0.4, 0.5) is 5.69 Å². The lowest BCUT2D eigenvalue weighted by Crippen LogP contribution is -2.18. The quantitative estimate of drug-likeness (QED) is 0.356. The van der Waals surface area contributed by atoms with E-state index < -0.39 is 5.56 Å². The van der Waals surface area contributed by atoms with Gasteiger partial charge in [-0.15, -0.1) is 0 Å². The summed E-state index contributed by atoms with van der Waals surface area (Å²) < 4.78 is 1.24. The molecule has 1 atom stereocenters. The molecule has 0 unspecified atom stereocenters. The zero-order valence-corrected chi connectivity index (χ0v) is 18.4. The fourth-order valence-electron chi connectivity index (χ4n) is 3.78. The molecule has 8 heteroatoms. The maximum atomic E-state index is 11.9. The van der Waals surface area contributed by atoms with Crippen LogP contribution in [0, 0.1) is 4.77 Å². The monoisotopic (exact) mass is 452 g/mol. The molecule has 0 spiro atoms. The molecule has 5 rings (SSSR count). The van der Waals surface area contributed by atoms with E-state index in [0.29, 0.717) is 0 Å². The predicted octanol–water partition coefficient (Wildman–Crippen LogP) is 4.54. The lowest BCUT2D eigenvalue weighted by molar-refractivity contribution is 0.709. The minimum absolute atomic E-state index is 0.106. The number of rotatable bonds is 5. The van der Waals surface area contributed by atoms with E-state index in [1.54, 1.807) is 6.21 Å². The molecule has 162 valence electrons. The van der Waals surface area contributed by atoms with Gasteiger partial charge in [-0.3, -0.25) is 14.9 Å². The second kappa shape index (κ2) is 9.13. The first kappa shape index (κ1) is 20.7. The summed E-state index contributed by atoms with van der Waals surface area (Å²) in [6.45, 7) is 0. The molecular weight excluding hydrogens is 432 g/mol. The second-order valence-electron chi connectivity index (χ2n) is 7.55. The van der Waals surface area contributed by atoms with Gasteiger partial charge in [0.15, 0.2) is 0 Å². The van der Waals surface area contributed by atoms with Crippen LogP contribution in [0.2, 0.25) is 0 Å². The minimum atomic E-state index is -0.392. The molecule has 3 aromatic carbocycles. The highest BCUT2D eigenvalue weighted by Crippen LogP contribution is 2.36. The normalized spacial score (nSPS) is 15.7. The van der Waals surface area contributed by atoms with Crippen LogP contribution in [0.25, 0.3) is 0 Å². The fraction of sp³-hybridized carbons (Fsp3) is 0.0800. The van der Waals surface area contributed by atoms with Crippen molar-refractivity contribution in [3.8, 4) is 0 Å². The molecule has 0 amide bonds. The Morgan fingerprint density at radius 1 is 0.970 bits per heavy atom. The summed E-state index contributed by atoms with van der Waals surface area (Å²) >= 11 is 5.07. The van der Waals surface area contributed by atoms with Crippen molar-refractivity contribution in [2.75, 3.05) is 5.01 Å². The molecule has 2 heterocycles. The number of aromatic amines is 1. The highest BCUT2D eigenvalue weighted by atomic mass is 32.1. The van der Waals surface area contributed by atoms with Gasteiger partial charge in [0, 0.05) is 6.42 Å². The number of H-pyrrole nitrogens is 1. The Bertz CT molecular complexity index is 1400. The summed E-state index contributed by atoms with van der Waals surface area (Å²) in [5.74, 6) is 0. The van der Waals surface area contributed by atoms with E-state index in [2.05, 4.69) is 56.7 Å². The number of nitrogens with one attached hydrogen (secondary N) is 1. The van der Waals surface area contributed by atoms with Gasteiger partial charge in [0.1, 0.15) is 6.20 Å². The number of hydrogen-bond acceptors (Lipinski definition) is 6. The lowest BCUT2D eigenvalue weighted by Gasteiger charge is -2.24. The lowest BCUT2D eigenvalue weighted by atomic mass is 9.98. The van der Waals surface area contributed by atoms with Crippen molar-refractivity contribution < 1.29 is 0 Å². The van der Waals surface area contributed by atoms with E-state index >= 15 is 0 Å². The maximum absolute atomic E-state index is 11.9. The van der Waals surface area contributed by atoms with Gasteiger partial charge in [0.2, 0.25) is 4.77 Å². The zero-order valence-electron chi connectivity index (χ0n) is 17.6. The Morgan fingerprint density at radius 2 is 1.67 bits per heavy atom. The van der Waals surface area contributed by atoms with E-state index in [4.69, 9.17) is 17.3 Å². The summed E-state index contributed by atoms with van der Waals surface area (Å²) in [6.07, 6.45) is 3.54. The first-order chi connectivity index (χ1) is 16.2. The number of anilines is 1. The highest BCUT2D eigenvalue weighted by molar-refractivity contribution is 7.71. The van der Waals surface area contributed by atoms with Crippen LogP contribution < -0.4 is 10.6 Å². The average molecular weight is 453 g/mol. The molecular formula is C25H20N6OS. The molecule has 1 N–H and O–H groups in total. The van der Waals surface area contributed by atoms with Crippen molar-refractivity contribution in [2.45, 2.75) is 12.5 Å². The van der Waals surface area contributed by atoms with Crippen molar-refractivity contribution >= 4 is 29.8 Å². The Morgan fingerprint density at radius 3 is 2.36 bits per heavy atom. The highest BCUT2D eigenvalue weighted by Gasteiger charge is 2.29. The van der Waals surface area contributed by atoms with Gasteiger partial charge < -0.3 is 0 Å². The molecule has 33 heavy (non-hydrogen) atoms. The Kier molecular flexibility index (Phi) is 5.73. The van der Waals surface area contributed by atoms with Crippen LogP contribution in [0.1, 0.15) is 29.2 Å². The van der Waals surface area contributed by atoms with Gasteiger partial charge in [-0.2, -0.15) is 20.0 Å².